The van der Waals surface area contributed by atoms with E-state index in [1.54, 1.807) is 0 Å². The van der Waals surface area contributed by atoms with Crippen molar-refractivity contribution in [1.29, 1.82) is 0 Å². The average Bonchev–Trinajstić information content (AvgIpc) is 1.86. The first-order valence-corrected chi connectivity index (χ1v) is 1.90. The van der Waals surface area contributed by atoms with Crippen molar-refractivity contribution in [2.75, 3.05) is 0 Å². The summed E-state index contributed by atoms with van der Waals surface area (Å²) in [6.45, 7) is 0. The second-order valence-corrected chi connectivity index (χ2v) is 1.31. The molecule has 0 aromatic heterocycles. The van der Waals surface area contributed by atoms with Crippen LogP contribution in [0.1, 0.15) is 0 Å². The Labute approximate surface area is 42.5 Å². The van der Waals surface area contributed by atoms with Crippen molar-refractivity contribution in [3.8, 4) is 0 Å². The van der Waals surface area contributed by atoms with E-state index in [1.807, 2.05) is 0 Å². The van der Waals surface area contributed by atoms with Gasteiger partial charge >= 0.3 is 41.8 Å². The maximum absolute atomic E-state index is 3.44. The van der Waals surface area contributed by atoms with Gasteiger partial charge in [0.2, 0.25) is 0 Å². The zero-order chi connectivity index (χ0) is 4.41. The van der Waals surface area contributed by atoms with Gasteiger partial charge in [0.25, 0.3) is 0 Å². The van der Waals surface area contributed by atoms with Crippen LogP contribution in [0.5, 0.6) is 0 Å². The van der Waals surface area contributed by atoms with Crippen LogP contribution in [0.2, 0.25) is 0 Å². The summed E-state index contributed by atoms with van der Waals surface area (Å²) < 4.78 is 0.620. The normalized spacial score (nSPS) is 17.2. The van der Waals surface area contributed by atoms with Crippen LogP contribution in [0.4, 0.5) is 0 Å². The monoisotopic (exact) mass is 123 g/mol. The summed E-state index contributed by atoms with van der Waals surface area (Å²) in [4.78, 5) is 0. The van der Waals surface area contributed by atoms with Crippen molar-refractivity contribution in [2.45, 2.75) is 0 Å². The van der Waals surface area contributed by atoms with Gasteiger partial charge in [-0.3, -0.25) is 0 Å². The molecule has 0 spiro atoms. The Hall–Kier alpha value is -0.341. The van der Waals surface area contributed by atoms with Gasteiger partial charge in [0.05, 0.1) is 0 Å². The Morgan fingerprint density at radius 1 is 1.67 bits per heavy atom. The first-order chi connectivity index (χ1) is 2.89. The van der Waals surface area contributed by atoms with E-state index in [0.717, 1.165) is 0 Å². The van der Waals surface area contributed by atoms with Gasteiger partial charge in [0, 0.05) is 0 Å². The van der Waals surface area contributed by atoms with E-state index in [0.29, 0.717) is 4.54 Å². The van der Waals surface area contributed by atoms with Crippen LogP contribution in [0.3, 0.4) is 0 Å². The van der Waals surface area contributed by atoms with Crippen molar-refractivity contribution in [2.24, 2.45) is 15.4 Å². The Kier molecular flexibility index (Phi) is 0.900. The number of hydrogen-bond acceptors (Lipinski definition) is 3. The molecule has 0 amide bonds. The summed E-state index contributed by atoms with van der Waals surface area (Å²) in [5.41, 5.74) is 0. The van der Waals surface area contributed by atoms with Crippen molar-refractivity contribution in [1.82, 2.24) is 0 Å². The Morgan fingerprint density at radius 2 is 2.50 bits per heavy atom. The van der Waals surface area contributed by atoms with E-state index in [2.05, 4.69) is 31.0 Å². The van der Waals surface area contributed by atoms with Crippen molar-refractivity contribution >= 4 is 10.8 Å². The second-order valence-electron chi connectivity index (χ2n) is 0.744. The molecule has 6 heavy (non-hydrogen) atoms. The van der Waals surface area contributed by atoms with Crippen molar-refractivity contribution in [3.05, 3.63) is 0 Å². The predicted molar refractivity (Wildman–Crippen MR) is 18.4 cm³/mol. The number of nitrogens with zero attached hydrogens (tertiary/aromatic N) is 3. The molecule has 0 aliphatic carbocycles. The molecule has 4 heteroatoms. The van der Waals surface area contributed by atoms with Crippen molar-refractivity contribution < 1.29 is 15.6 Å². The van der Waals surface area contributed by atoms with Crippen molar-refractivity contribution in [3.63, 3.8) is 0 Å². The van der Waals surface area contributed by atoms with Crippen LogP contribution < -0.4 is 0 Å². The molecule has 1 heterocycles. The molecule has 0 aromatic rings. The third kappa shape index (κ3) is 0.584. The Balaban J connectivity index is 2.86. The van der Waals surface area contributed by atoms with Gasteiger partial charge < -0.3 is 0 Å². The first kappa shape index (κ1) is 3.84. The van der Waals surface area contributed by atoms with Gasteiger partial charge in [-0.25, -0.2) is 0 Å². The molecule has 0 unspecified atom stereocenters. The molecular formula is C2HFeN3. The first-order valence-electron chi connectivity index (χ1n) is 1.35. The molecule has 0 aromatic carbocycles. The molecular weight excluding hydrogens is 122 g/mol. The minimum atomic E-state index is 0.620. The molecule has 1 aliphatic rings. The second kappa shape index (κ2) is 1.41. The molecule has 0 bridgehead atoms. The summed E-state index contributed by atoms with van der Waals surface area (Å²) in [6.07, 6.45) is 1.50. The third-order valence-electron chi connectivity index (χ3n) is 0.351. The zero-order valence-corrected chi connectivity index (χ0v) is 3.88. The quantitative estimate of drug-likeness (QED) is 0.410. The molecule has 1 rings (SSSR count). The van der Waals surface area contributed by atoms with E-state index in [-0.39, 0.29) is 0 Å². The fourth-order valence-corrected chi connectivity index (χ4v) is 0.278. The Morgan fingerprint density at radius 3 is 2.67 bits per heavy atom. The van der Waals surface area contributed by atoms with Crippen LogP contribution in [0, 0.1) is 0 Å². The van der Waals surface area contributed by atoms with Gasteiger partial charge in [-0.15, -0.1) is 0 Å². The van der Waals surface area contributed by atoms with Crippen LogP contribution in [-0.2, 0) is 15.6 Å². The van der Waals surface area contributed by atoms with Crippen LogP contribution in [0.25, 0.3) is 0 Å². The van der Waals surface area contributed by atoms with Gasteiger partial charge in [0.15, 0.2) is 0 Å². The topological polar surface area (TPSA) is 37.1 Å². The molecule has 0 fully saturated rings. The summed E-state index contributed by atoms with van der Waals surface area (Å²) in [5.74, 6) is 0. The van der Waals surface area contributed by atoms with Gasteiger partial charge in [-0.1, -0.05) is 0 Å². The molecule has 0 saturated heterocycles. The van der Waals surface area contributed by atoms with E-state index >= 15 is 0 Å². The molecule has 0 atom stereocenters. The number of hydrogen-bond donors (Lipinski definition) is 0. The summed E-state index contributed by atoms with van der Waals surface area (Å²) >= 11 is 3.44. The van der Waals surface area contributed by atoms with E-state index < -0.39 is 0 Å². The SMILES string of the molecule is [Fe]=[C]1C=NN=N1. The summed E-state index contributed by atoms with van der Waals surface area (Å²) in [6, 6.07) is 0. The molecule has 32 valence electrons. The Bertz CT molecular complexity index is 111. The van der Waals surface area contributed by atoms with E-state index in [9.17, 15) is 0 Å². The molecule has 0 radical (unpaired) electrons. The van der Waals surface area contributed by atoms with Gasteiger partial charge in [-0.05, 0) is 0 Å². The predicted octanol–water partition coefficient (Wildman–Crippen LogP) is 0.115. The van der Waals surface area contributed by atoms with E-state index in [1.165, 1.54) is 6.21 Å². The van der Waals surface area contributed by atoms with Crippen LogP contribution >= 0.6 is 0 Å². The summed E-state index contributed by atoms with van der Waals surface area (Å²) in [5, 5.41) is 10.1. The fraction of sp³-hybridized carbons (Fsp3) is 0. The number of rotatable bonds is 0. The fourth-order valence-electron chi connectivity index (χ4n) is 0.165. The van der Waals surface area contributed by atoms with E-state index in [4.69, 9.17) is 0 Å². The minimum absolute atomic E-state index is 0.620. The summed E-state index contributed by atoms with van der Waals surface area (Å²) in [7, 11) is 0. The molecule has 1 aliphatic heterocycles. The zero-order valence-electron chi connectivity index (χ0n) is 2.77. The maximum atomic E-state index is 3.44. The molecule has 3 nitrogen and oxygen atoms in total. The van der Waals surface area contributed by atoms with Gasteiger partial charge in [0.1, 0.15) is 0 Å². The molecule has 0 N–H and O–H groups in total. The standard InChI is InChI=1S/C2HN3.Fe/c1-2-4-5-3-1;/h1H;. The van der Waals surface area contributed by atoms with Gasteiger partial charge in [-0.2, -0.15) is 0 Å². The third-order valence-corrected chi connectivity index (χ3v) is 0.604. The average molecular weight is 123 g/mol. The van der Waals surface area contributed by atoms with Crippen LogP contribution in [-0.4, -0.2) is 10.8 Å². The van der Waals surface area contributed by atoms with Crippen LogP contribution in [0.15, 0.2) is 15.4 Å². The molecule has 0 saturated carbocycles.